The molecule has 3 fully saturated rings. The predicted octanol–water partition coefficient (Wildman–Crippen LogP) is 3.45. The molecule has 0 unspecified atom stereocenters. The first-order valence-corrected chi connectivity index (χ1v) is 19.9. The summed E-state index contributed by atoms with van der Waals surface area (Å²) in [7, 11) is 5.39. The van der Waals surface area contributed by atoms with Crippen LogP contribution in [0.3, 0.4) is 0 Å². The highest BCUT2D eigenvalue weighted by Gasteiger charge is 2.78. The smallest absolute Gasteiger partial charge is 0.456 e. The van der Waals surface area contributed by atoms with Crippen LogP contribution >= 0.6 is 0 Å². The first-order valence-electron chi connectivity index (χ1n) is 19.9. The van der Waals surface area contributed by atoms with Crippen molar-refractivity contribution in [2.75, 3.05) is 34.9 Å². The molecule has 0 spiro atoms. The van der Waals surface area contributed by atoms with Crippen LogP contribution in [-0.2, 0) is 47.5 Å². The third-order valence-electron chi connectivity index (χ3n) is 13.2. The summed E-state index contributed by atoms with van der Waals surface area (Å²) in [6, 6.07) is 14.2. The van der Waals surface area contributed by atoms with E-state index in [1.165, 1.54) is 59.0 Å². The highest BCUT2D eigenvalue weighted by atomic mass is 16.7. The van der Waals surface area contributed by atoms with Gasteiger partial charge in [-0.3, -0.25) is 9.59 Å². The highest BCUT2D eigenvalue weighted by molar-refractivity contribution is 5.95. The maximum atomic E-state index is 15.7. The minimum atomic E-state index is -2.37. The second kappa shape index (κ2) is 16.8. The van der Waals surface area contributed by atoms with E-state index in [-0.39, 0.29) is 29.7 Å². The Labute approximate surface area is 353 Å². The highest BCUT2D eigenvalue weighted by Crippen LogP contribution is 2.65. The Hall–Kier alpha value is -5.36. The van der Waals surface area contributed by atoms with E-state index in [4.69, 9.17) is 33.2 Å². The topological polar surface area (TPSA) is 223 Å². The Balaban J connectivity index is 1.58. The van der Waals surface area contributed by atoms with Crippen molar-refractivity contribution >= 4 is 35.9 Å². The lowest BCUT2D eigenvalue weighted by atomic mass is 9.44. The fourth-order valence-electron chi connectivity index (χ4n) is 9.93. The molecule has 2 amide bonds. The summed E-state index contributed by atoms with van der Waals surface area (Å²) >= 11 is 0. The number of carbonyl (C=O) groups excluding carboxylic acids is 6. The molecule has 1 aliphatic heterocycles. The zero-order chi connectivity index (χ0) is 44.8. The number of carbonyl (C=O) groups is 6. The molecule has 17 heteroatoms. The number of Topliss-reactive ketones (excluding diaryl/α,β-unsaturated/α-hetero) is 1. The van der Waals surface area contributed by atoms with Gasteiger partial charge in [-0.05, 0) is 42.7 Å². The molecule has 2 aromatic rings. The molecule has 330 valence electrons. The third-order valence-corrected chi connectivity index (χ3v) is 13.2. The molecule has 2 aromatic carbocycles. The number of hydrogen-bond acceptors (Lipinski definition) is 15. The summed E-state index contributed by atoms with van der Waals surface area (Å²) in [6.45, 7) is 7.09. The normalized spacial score (nSPS) is 32.1. The minimum absolute atomic E-state index is 0.00623. The van der Waals surface area contributed by atoms with Crippen LogP contribution in [0.4, 0.5) is 9.59 Å². The Bertz CT molecular complexity index is 2070. The molecule has 6 rings (SSSR count). The van der Waals surface area contributed by atoms with Gasteiger partial charge in [-0.2, -0.15) is 0 Å². The number of methoxy groups -OCH3 is 2. The van der Waals surface area contributed by atoms with E-state index in [0.717, 1.165) is 7.11 Å². The van der Waals surface area contributed by atoms with Gasteiger partial charge in [0.25, 0.3) is 0 Å². The third kappa shape index (κ3) is 7.55. The van der Waals surface area contributed by atoms with Crippen LogP contribution in [0.15, 0.2) is 71.8 Å². The van der Waals surface area contributed by atoms with Crippen LogP contribution in [0, 0.1) is 16.7 Å². The molecule has 1 saturated heterocycles. The van der Waals surface area contributed by atoms with E-state index >= 15 is 4.79 Å². The van der Waals surface area contributed by atoms with Gasteiger partial charge in [0.1, 0.15) is 23.9 Å². The average Bonchev–Trinajstić information content (AvgIpc) is 3.22. The summed E-state index contributed by atoms with van der Waals surface area (Å²) in [5.41, 5.74) is -7.00. The van der Waals surface area contributed by atoms with Gasteiger partial charge in [0, 0.05) is 46.4 Å². The van der Waals surface area contributed by atoms with Gasteiger partial charge in [0.05, 0.1) is 42.8 Å². The van der Waals surface area contributed by atoms with Crippen molar-refractivity contribution in [2.24, 2.45) is 16.7 Å². The van der Waals surface area contributed by atoms with Gasteiger partial charge in [0.15, 0.2) is 23.6 Å². The number of amides is 2. The molecule has 0 radical (unpaired) electrons. The number of fused-ring (bicyclic) bond motifs is 5. The number of benzene rings is 2. The molecule has 3 N–H and O–H groups in total. The van der Waals surface area contributed by atoms with E-state index in [0.29, 0.717) is 5.56 Å². The molecule has 17 nitrogen and oxygen atoms in total. The van der Waals surface area contributed by atoms with E-state index in [9.17, 15) is 34.2 Å². The maximum absolute atomic E-state index is 15.7. The van der Waals surface area contributed by atoms with Gasteiger partial charge in [-0.1, -0.05) is 62.4 Å². The summed E-state index contributed by atoms with van der Waals surface area (Å²) < 4.78 is 41.4. The van der Waals surface area contributed by atoms with Crippen molar-refractivity contribution in [3.63, 3.8) is 0 Å². The molecule has 61 heavy (non-hydrogen) atoms. The lowest BCUT2D eigenvalue weighted by molar-refractivity contribution is -0.347. The Morgan fingerprint density at radius 1 is 0.934 bits per heavy atom. The SMILES string of the molecule is COC(=O)O[C@H]1C(=O)[C@]2(C)[C@@H](OC)C[C@H]3OC[C@@]3(OC(C)=O)[C@H]2[C@H](OC(=O)c2ccccc2)[C@]2(O)C[C@H](OC(=O)[C@H](O)[C@@H](NC(=O)N(C)C)c3ccccc3)C(C)=C1C2(C)C. The van der Waals surface area contributed by atoms with Gasteiger partial charge in [-0.15, -0.1) is 0 Å². The minimum Gasteiger partial charge on any atom is -0.456 e. The van der Waals surface area contributed by atoms with Crippen LogP contribution in [0.2, 0.25) is 0 Å². The van der Waals surface area contributed by atoms with Gasteiger partial charge in [0.2, 0.25) is 0 Å². The number of hydrogen-bond donors (Lipinski definition) is 3. The van der Waals surface area contributed by atoms with Crippen LogP contribution in [0.5, 0.6) is 0 Å². The Morgan fingerprint density at radius 2 is 1.56 bits per heavy atom. The molecule has 4 aliphatic rings. The lowest BCUT2D eigenvalue weighted by Crippen LogP contribution is -2.82. The quantitative estimate of drug-likeness (QED) is 0.177. The van der Waals surface area contributed by atoms with E-state index in [1.807, 2.05) is 0 Å². The first kappa shape index (κ1) is 45.2. The van der Waals surface area contributed by atoms with Gasteiger partial charge in [-0.25, -0.2) is 19.2 Å². The van der Waals surface area contributed by atoms with Crippen molar-refractivity contribution < 1.29 is 72.1 Å². The molecule has 3 aliphatic carbocycles. The number of aliphatic hydroxyl groups is 2. The van der Waals surface area contributed by atoms with Gasteiger partial charge >= 0.3 is 30.1 Å². The average molecular weight is 851 g/mol. The van der Waals surface area contributed by atoms with Crippen LogP contribution in [-0.4, -0.2) is 134 Å². The van der Waals surface area contributed by atoms with Crippen LogP contribution in [0.25, 0.3) is 0 Å². The molecular formula is C44H54N2O15. The monoisotopic (exact) mass is 850 g/mol. The second-order valence-corrected chi connectivity index (χ2v) is 17.0. The summed E-state index contributed by atoms with van der Waals surface area (Å²) in [4.78, 5) is 84.6. The van der Waals surface area contributed by atoms with Crippen molar-refractivity contribution in [2.45, 2.75) is 101 Å². The fourth-order valence-corrected chi connectivity index (χ4v) is 9.93. The zero-order valence-electron chi connectivity index (χ0n) is 35.7. The number of aliphatic hydroxyl groups excluding tert-OH is 1. The number of ether oxygens (including phenoxy) is 7. The second-order valence-electron chi connectivity index (χ2n) is 17.0. The molecule has 1 heterocycles. The number of nitrogens with one attached hydrogen (secondary N) is 1. The fraction of sp³-hybridized carbons (Fsp3) is 0.545. The van der Waals surface area contributed by atoms with Gasteiger partial charge < -0.3 is 53.6 Å². The van der Waals surface area contributed by atoms with Crippen LogP contribution < -0.4 is 5.32 Å². The molecule has 0 aromatic heterocycles. The van der Waals surface area contributed by atoms with E-state index in [2.05, 4.69) is 5.32 Å². The van der Waals surface area contributed by atoms with Crippen molar-refractivity contribution in [3.8, 4) is 0 Å². The summed E-state index contributed by atoms with van der Waals surface area (Å²) in [6.07, 6.45) is -10.9. The molecule has 11 atom stereocenters. The summed E-state index contributed by atoms with van der Waals surface area (Å²) in [5.74, 6) is -5.12. The number of esters is 3. The first-order chi connectivity index (χ1) is 28.7. The Morgan fingerprint density at radius 3 is 2.10 bits per heavy atom. The summed E-state index contributed by atoms with van der Waals surface area (Å²) in [5, 5.41) is 28.0. The van der Waals surface area contributed by atoms with E-state index < -0.39 is 113 Å². The zero-order valence-corrected chi connectivity index (χ0v) is 35.7. The molecule has 2 saturated carbocycles. The number of rotatable bonds is 10. The van der Waals surface area contributed by atoms with Crippen LogP contribution in [0.1, 0.15) is 69.4 Å². The molecule has 2 bridgehead atoms. The number of ketones is 1. The predicted molar refractivity (Wildman–Crippen MR) is 213 cm³/mol. The van der Waals surface area contributed by atoms with Crippen molar-refractivity contribution in [1.29, 1.82) is 0 Å². The standard InChI is InChI=1S/C44H54N2O15/c1-23-27(58-38(51)32(48)31(45-39(52)46(6)7)25-16-12-10-13-17-25)21-44(54)36(60-37(50)26-18-14-11-15-19-26)34-42(5,28(55-8)20-29-43(34,22-57-29)61-24(2)47)35(49)33(59-40(53)56-9)30(23)41(44,3)4/h10-19,27-29,31-34,36,48,54H,20-22H2,1-9H3,(H,45,52)/t27-,28-,29+,31-,32+,33+,34-,36-,42+,43-,44+/m0/s1. The van der Waals surface area contributed by atoms with E-state index in [1.54, 1.807) is 62.4 Å². The van der Waals surface area contributed by atoms with Crippen molar-refractivity contribution in [1.82, 2.24) is 10.2 Å². The number of nitrogens with zero attached hydrogens (tertiary/aromatic N) is 1. The Kier molecular flexibility index (Phi) is 12.5. The lowest BCUT2D eigenvalue weighted by Gasteiger charge is -2.67. The number of urea groups is 1. The maximum Gasteiger partial charge on any atom is 0.509 e. The van der Waals surface area contributed by atoms with Crippen molar-refractivity contribution in [3.05, 3.63) is 82.9 Å². The molecular weight excluding hydrogens is 796 g/mol. The largest absolute Gasteiger partial charge is 0.509 e.